The van der Waals surface area contributed by atoms with Gasteiger partial charge in [-0.25, -0.2) is 0 Å². The molecule has 1 heterocycles. The van der Waals surface area contributed by atoms with Gasteiger partial charge in [0.15, 0.2) is 5.16 Å². The highest BCUT2D eigenvalue weighted by Gasteiger charge is 2.13. The molecule has 8 heteroatoms. The number of hydrogen-bond acceptors (Lipinski definition) is 4. The van der Waals surface area contributed by atoms with Crippen molar-refractivity contribution in [1.82, 2.24) is 20.1 Å². The van der Waals surface area contributed by atoms with E-state index in [4.69, 9.17) is 23.2 Å². The van der Waals surface area contributed by atoms with Gasteiger partial charge in [0.05, 0.1) is 17.5 Å². The van der Waals surface area contributed by atoms with Crippen molar-refractivity contribution in [2.75, 3.05) is 5.75 Å². The molecule has 0 bridgehead atoms. The average Bonchev–Trinajstić information content (AvgIpc) is 3.09. The standard InChI is InChI=1S/C18H16Cl2N4OS/c1-12(13-5-7-14(19)8-6-13)22-17(25)10-26-18-23-21-11-24(18)16-4-2-3-15(20)9-16/h2-9,11-12H,10H2,1H3,(H,22,25). The van der Waals surface area contributed by atoms with Crippen LogP contribution in [0, 0.1) is 0 Å². The molecule has 5 nitrogen and oxygen atoms in total. The summed E-state index contributed by atoms with van der Waals surface area (Å²) in [5.41, 5.74) is 1.84. The van der Waals surface area contributed by atoms with Crippen molar-refractivity contribution in [3.63, 3.8) is 0 Å². The number of rotatable bonds is 6. The van der Waals surface area contributed by atoms with E-state index < -0.39 is 0 Å². The van der Waals surface area contributed by atoms with E-state index in [1.54, 1.807) is 17.0 Å². The molecule has 1 amide bonds. The number of hydrogen-bond donors (Lipinski definition) is 1. The van der Waals surface area contributed by atoms with Crippen molar-refractivity contribution in [1.29, 1.82) is 0 Å². The van der Waals surface area contributed by atoms with E-state index in [1.807, 2.05) is 49.4 Å². The fourth-order valence-electron chi connectivity index (χ4n) is 2.37. The predicted molar refractivity (Wildman–Crippen MR) is 105 cm³/mol. The molecule has 1 atom stereocenters. The summed E-state index contributed by atoms with van der Waals surface area (Å²) in [5.74, 6) is 0.148. The van der Waals surface area contributed by atoms with Gasteiger partial charge in [-0.1, -0.05) is 53.2 Å². The fraction of sp³-hybridized carbons (Fsp3) is 0.167. The van der Waals surface area contributed by atoms with E-state index in [9.17, 15) is 4.79 Å². The third-order valence-corrected chi connectivity index (χ3v) is 5.11. The Labute approximate surface area is 165 Å². The molecule has 0 radical (unpaired) electrons. The zero-order valence-corrected chi connectivity index (χ0v) is 16.2. The summed E-state index contributed by atoms with van der Waals surface area (Å²) in [6.07, 6.45) is 1.60. The highest BCUT2D eigenvalue weighted by Crippen LogP contribution is 2.22. The van der Waals surface area contributed by atoms with Crippen LogP contribution in [0.25, 0.3) is 5.69 Å². The minimum absolute atomic E-state index is 0.0851. The van der Waals surface area contributed by atoms with Gasteiger partial charge in [-0.3, -0.25) is 9.36 Å². The molecule has 1 aromatic heterocycles. The molecule has 134 valence electrons. The second kappa shape index (κ2) is 8.58. The maximum atomic E-state index is 12.3. The van der Waals surface area contributed by atoms with Crippen molar-refractivity contribution in [3.8, 4) is 5.69 Å². The van der Waals surface area contributed by atoms with Gasteiger partial charge in [0.25, 0.3) is 0 Å². The van der Waals surface area contributed by atoms with E-state index in [1.165, 1.54) is 11.8 Å². The summed E-state index contributed by atoms with van der Waals surface area (Å²) in [5, 5.41) is 12.9. The number of carbonyl (C=O) groups excluding carboxylic acids is 1. The third-order valence-electron chi connectivity index (χ3n) is 3.68. The zero-order chi connectivity index (χ0) is 18.5. The summed E-state index contributed by atoms with van der Waals surface area (Å²) in [6, 6.07) is 14.7. The van der Waals surface area contributed by atoms with Crippen LogP contribution in [0.1, 0.15) is 18.5 Å². The number of halogens is 2. The second-order valence-electron chi connectivity index (χ2n) is 5.59. The predicted octanol–water partition coefficient (Wildman–Crippen LogP) is 4.54. The summed E-state index contributed by atoms with van der Waals surface area (Å²) in [4.78, 5) is 12.3. The van der Waals surface area contributed by atoms with Crippen molar-refractivity contribution >= 4 is 40.9 Å². The maximum Gasteiger partial charge on any atom is 0.230 e. The first-order valence-electron chi connectivity index (χ1n) is 7.86. The highest BCUT2D eigenvalue weighted by molar-refractivity contribution is 7.99. The number of nitrogens with one attached hydrogen (secondary N) is 1. The number of amides is 1. The van der Waals surface area contributed by atoms with Crippen LogP contribution in [0.5, 0.6) is 0 Å². The normalized spacial score (nSPS) is 12.0. The van der Waals surface area contributed by atoms with E-state index in [0.29, 0.717) is 15.2 Å². The molecule has 3 aromatic rings. The minimum Gasteiger partial charge on any atom is -0.349 e. The Morgan fingerprint density at radius 2 is 1.96 bits per heavy atom. The summed E-state index contributed by atoms with van der Waals surface area (Å²) >= 11 is 13.2. The molecule has 0 fully saturated rings. The Bertz CT molecular complexity index is 898. The first-order chi connectivity index (χ1) is 12.5. The van der Waals surface area contributed by atoms with E-state index in [-0.39, 0.29) is 17.7 Å². The number of benzene rings is 2. The van der Waals surface area contributed by atoms with Gasteiger partial charge in [0.2, 0.25) is 5.91 Å². The average molecular weight is 407 g/mol. The molecule has 0 saturated carbocycles. The van der Waals surface area contributed by atoms with Crippen LogP contribution in [0.15, 0.2) is 60.0 Å². The van der Waals surface area contributed by atoms with Gasteiger partial charge >= 0.3 is 0 Å². The summed E-state index contributed by atoms with van der Waals surface area (Å²) in [6.45, 7) is 1.93. The molecule has 1 unspecified atom stereocenters. The minimum atomic E-state index is -0.105. The summed E-state index contributed by atoms with van der Waals surface area (Å²) < 4.78 is 1.80. The number of thioether (sulfide) groups is 1. The van der Waals surface area contributed by atoms with Crippen LogP contribution < -0.4 is 5.32 Å². The molecule has 0 aliphatic carbocycles. The topological polar surface area (TPSA) is 59.8 Å². The smallest absolute Gasteiger partial charge is 0.230 e. The van der Waals surface area contributed by atoms with Gasteiger partial charge in [0.1, 0.15) is 6.33 Å². The zero-order valence-electron chi connectivity index (χ0n) is 13.9. The van der Waals surface area contributed by atoms with Crippen LogP contribution >= 0.6 is 35.0 Å². The summed E-state index contributed by atoms with van der Waals surface area (Å²) in [7, 11) is 0. The Hall–Kier alpha value is -2.02. The lowest BCUT2D eigenvalue weighted by atomic mass is 10.1. The lowest BCUT2D eigenvalue weighted by Gasteiger charge is -2.14. The lowest BCUT2D eigenvalue weighted by Crippen LogP contribution is -2.28. The molecule has 1 N–H and O–H groups in total. The van der Waals surface area contributed by atoms with E-state index in [0.717, 1.165) is 11.3 Å². The SMILES string of the molecule is CC(NC(=O)CSc1nncn1-c1cccc(Cl)c1)c1ccc(Cl)cc1. The molecular formula is C18H16Cl2N4OS. The maximum absolute atomic E-state index is 12.3. The molecule has 0 aliphatic rings. The largest absolute Gasteiger partial charge is 0.349 e. The van der Waals surface area contributed by atoms with Crippen molar-refractivity contribution in [3.05, 3.63) is 70.5 Å². The van der Waals surface area contributed by atoms with Crippen molar-refractivity contribution < 1.29 is 4.79 Å². The van der Waals surface area contributed by atoms with Crippen LogP contribution in [-0.4, -0.2) is 26.4 Å². The number of carbonyl (C=O) groups is 1. The molecule has 3 rings (SSSR count). The molecule has 2 aromatic carbocycles. The molecule has 0 aliphatic heterocycles. The van der Waals surface area contributed by atoms with Crippen LogP contribution in [0.3, 0.4) is 0 Å². The highest BCUT2D eigenvalue weighted by atomic mass is 35.5. The monoisotopic (exact) mass is 406 g/mol. The Kier molecular flexibility index (Phi) is 6.19. The quantitative estimate of drug-likeness (QED) is 0.610. The Morgan fingerprint density at radius 3 is 2.69 bits per heavy atom. The van der Waals surface area contributed by atoms with Gasteiger partial charge in [-0.15, -0.1) is 10.2 Å². The van der Waals surface area contributed by atoms with Crippen molar-refractivity contribution in [2.24, 2.45) is 0 Å². The van der Waals surface area contributed by atoms with E-state index in [2.05, 4.69) is 15.5 Å². The lowest BCUT2D eigenvalue weighted by molar-refractivity contribution is -0.119. The Balaban J connectivity index is 1.60. The Morgan fingerprint density at radius 1 is 1.19 bits per heavy atom. The molecule has 0 spiro atoms. The van der Waals surface area contributed by atoms with Gasteiger partial charge in [-0.05, 0) is 42.8 Å². The molecular weight excluding hydrogens is 391 g/mol. The van der Waals surface area contributed by atoms with Crippen molar-refractivity contribution in [2.45, 2.75) is 18.1 Å². The van der Waals surface area contributed by atoms with Crippen LogP contribution in [0.4, 0.5) is 0 Å². The number of nitrogens with zero attached hydrogens (tertiary/aromatic N) is 3. The van der Waals surface area contributed by atoms with Crippen LogP contribution in [-0.2, 0) is 4.79 Å². The first-order valence-corrected chi connectivity index (χ1v) is 9.60. The van der Waals surface area contributed by atoms with Gasteiger partial charge in [-0.2, -0.15) is 0 Å². The molecule has 0 saturated heterocycles. The fourth-order valence-corrected chi connectivity index (χ4v) is 3.42. The number of aromatic nitrogens is 3. The second-order valence-corrected chi connectivity index (χ2v) is 7.41. The van der Waals surface area contributed by atoms with Crippen LogP contribution in [0.2, 0.25) is 10.0 Å². The first kappa shape index (κ1) is 18.8. The third kappa shape index (κ3) is 4.78. The molecule has 26 heavy (non-hydrogen) atoms. The van der Waals surface area contributed by atoms with Gasteiger partial charge in [0, 0.05) is 10.0 Å². The van der Waals surface area contributed by atoms with Gasteiger partial charge < -0.3 is 5.32 Å². The van der Waals surface area contributed by atoms with E-state index >= 15 is 0 Å².